The Morgan fingerprint density at radius 3 is 2.53 bits per heavy atom. The van der Waals surface area contributed by atoms with E-state index in [2.05, 4.69) is 5.10 Å². The molecule has 0 aliphatic carbocycles. The third-order valence-corrected chi connectivity index (χ3v) is 2.84. The molecule has 0 bridgehead atoms. The number of aryl methyl sites for hydroxylation is 1. The van der Waals surface area contributed by atoms with Crippen LogP contribution in [0.4, 0.5) is 0 Å². The maximum atomic E-state index is 12.2. The van der Waals surface area contributed by atoms with Gasteiger partial charge in [0.2, 0.25) is 5.78 Å². The van der Waals surface area contributed by atoms with Gasteiger partial charge in [0, 0.05) is 19.2 Å². The average molecular weight is 250 g/mol. The molecule has 0 unspecified atom stereocenters. The van der Waals surface area contributed by atoms with Gasteiger partial charge in [0.05, 0.1) is 11.2 Å². The number of carbonyl (C=O) groups is 1. The molecule has 0 aliphatic heterocycles. The van der Waals surface area contributed by atoms with E-state index >= 15 is 0 Å². The highest BCUT2D eigenvalue weighted by molar-refractivity contribution is 6.34. The summed E-state index contributed by atoms with van der Waals surface area (Å²) < 4.78 is 1.47. The van der Waals surface area contributed by atoms with Gasteiger partial charge in [0.25, 0.3) is 0 Å². The minimum Gasteiger partial charge on any atom is -0.326 e. The Kier molecular flexibility index (Phi) is 3.26. The van der Waals surface area contributed by atoms with Gasteiger partial charge in [-0.1, -0.05) is 35.9 Å². The Balaban J connectivity index is 2.37. The molecule has 1 aromatic carbocycles. The normalized spacial score (nSPS) is 10.5. The van der Waals surface area contributed by atoms with E-state index in [1.54, 1.807) is 19.2 Å². The zero-order valence-corrected chi connectivity index (χ0v) is 10.1. The molecule has 88 valence electrons. The van der Waals surface area contributed by atoms with Gasteiger partial charge >= 0.3 is 0 Å². The molecular formula is C12H12ClN3O. The van der Waals surface area contributed by atoms with Gasteiger partial charge in [-0.15, -0.1) is 0 Å². The van der Waals surface area contributed by atoms with Crippen LogP contribution in [0.1, 0.15) is 21.6 Å². The molecule has 0 aliphatic rings. The summed E-state index contributed by atoms with van der Waals surface area (Å²) in [5.74, 6) is -0.140. The van der Waals surface area contributed by atoms with Gasteiger partial charge in [-0.3, -0.25) is 9.48 Å². The van der Waals surface area contributed by atoms with Gasteiger partial charge in [-0.25, -0.2) is 0 Å². The van der Waals surface area contributed by atoms with Crippen molar-refractivity contribution in [3.63, 3.8) is 0 Å². The zero-order chi connectivity index (χ0) is 12.4. The number of carbonyl (C=O) groups excluding carboxylic acids is 1. The van der Waals surface area contributed by atoms with Crippen molar-refractivity contribution in [2.24, 2.45) is 12.8 Å². The molecule has 0 atom stereocenters. The second-order valence-electron chi connectivity index (χ2n) is 3.69. The number of nitrogens with zero attached hydrogens (tertiary/aromatic N) is 2. The number of ketones is 1. The van der Waals surface area contributed by atoms with Crippen molar-refractivity contribution >= 4 is 17.4 Å². The van der Waals surface area contributed by atoms with Crippen molar-refractivity contribution in [1.82, 2.24) is 9.78 Å². The van der Waals surface area contributed by atoms with Crippen LogP contribution in [0.15, 0.2) is 30.5 Å². The van der Waals surface area contributed by atoms with E-state index in [1.807, 2.05) is 12.1 Å². The molecule has 0 saturated heterocycles. The van der Waals surface area contributed by atoms with Gasteiger partial charge < -0.3 is 5.73 Å². The number of halogens is 1. The third-order valence-electron chi connectivity index (χ3n) is 2.56. The Morgan fingerprint density at radius 1 is 1.41 bits per heavy atom. The Bertz CT molecular complexity index is 526. The molecule has 0 radical (unpaired) electrons. The molecule has 4 nitrogen and oxygen atoms in total. The van der Waals surface area contributed by atoms with Crippen molar-refractivity contribution < 1.29 is 4.79 Å². The first kappa shape index (κ1) is 11.8. The highest BCUT2D eigenvalue weighted by Gasteiger charge is 2.17. The van der Waals surface area contributed by atoms with Crippen LogP contribution < -0.4 is 5.73 Å². The lowest BCUT2D eigenvalue weighted by Crippen LogP contribution is -2.09. The molecule has 5 heteroatoms. The first-order valence-electron chi connectivity index (χ1n) is 5.14. The zero-order valence-electron chi connectivity index (χ0n) is 9.35. The predicted octanol–water partition coefficient (Wildman–Crippen LogP) is 1.76. The second kappa shape index (κ2) is 4.69. The van der Waals surface area contributed by atoms with E-state index in [1.165, 1.54) is 10.9 Å². The van der Waals surface area contributed by atoms with E-state index in [-0.39, 0.29) is 5.78 Å². The summed E-state index contributed by atoms with van der Waals surface area (Å²) in [5, 5.41) is 4.30. The summed E-state index contributed by atoms with van der Waals surface area (Å²) >= 11 is 5.92. The van der Waals surface area contributed by atoms with Crippen molar-refractivity contribution in [2.45, 2.75) is 6.54 Å². The fourth-order valence-corrected chi connectivity index (χ4v) is 1.85. The average Bonchev–Trinajstić information content (AvgIpc) is 2.68. The molecule has 2 N–H and O–H groups in total. The molecule has 2 aromatic rings. The van der Waals surface area contributed by atoms with Crippen LogP contribution in [0.25, 0.3) is 0 Å². The highest BCUT2D eigenvalue weighted by atomic mass is 35.5. The summed E-state index contributed by atoms with van der Waals surface area (Å²) in [7, 11) is 1.69. The number of rotatable bonds is 3. The minimum atomic E-state index is -0.140. The molecule has 0 amide bonds. The fourth-order valence-electron chi connectivity index (χ4n) is 1.60. The van der Waals surface area contributed by atoms with Gasteiger partial charge in [0.15, 0.2) is 0 Å². The highest BCUT2D eigenvalue weighted by Crippen LogP contribution is 2.18. The number of benzene rings is 1. The summed E-state index contributed by atoms with van der Waals surface area (Å²) in [4.78, 5) is 12.2. The van der Waals surface area contributed by atoms with Crippen LogP contribution in [-0.4, -0.2) is 15.6 Å². The predicted molar refractivity (Wildman–Crippen MR) is 66.0 cm³/mol. The Morgan fingerprint density at radius 2 is 2.06 bits per heavy atom. The van der Waals surface area contributed by atoms with E-state index in [4.69, 9.17) is 17.3 Å². The number of hydrogen-bond donors (Lipinski definition) is 1. The number of hydrogen-bond acceptors (Lipinski definition) is 3. The van der Waals surface area contributed by atoms with E-state index in [9.17, 15) is 4.79 Å². The Hall–Kier alpha value is -1.65. The molecule has 1 heterocycles. The lowest BCUT2D eigenvalue weighted by Gasteiger charge is -2.03. The number of nitrogens with two attached hydrogens (primary N) is 1. The van der Waals surface area contributed by atoms with Gasteiger partial charge in [-0.2, -0.15) is 5.10 Å². The van der Waals surface area contributed by atoms with Crippen LogP contribution in [-0.2, 0) is 13.6 Å². The largest absolute Gasteiger partial charge is 0.326 e. The smallest absolute Gasteiger partial charge is 0.212 e. The standard InChI is InChI=1S/C12H12ClN3O/c1-16-11(10(13)7-15-16)12(17)9-4-2-8(6-14)3-5-9/h2-5,7H,6,14H2,1H3. The Labute approximate surface area is 104 Å². The molecule has 2 rings (SSSR count). The number of aromatic nitrogens is 2. The lowest BCUT2D eigenvalue weighted by molar-refractivity contribution is 0.103. The lowest BCUT2D eigenvalue weighted by atomic mass is 10.1. The molecular weight excluding hydrogens is 238 g/mol. The van der Waals surface area contributed by atoms with Gasteiger partial charge in [-0.05, 0) is 5.56 Å². The quantitative estimate of drug-likeness (QED) is 0.844. The van der Waals surface area contributed by atoms with Crippen LogP contribution in [0, 0.1) is 0 Å². The second-order valence-corrected chi connectivity index (χ2v) is 4.10. The SMILES string of the molecule is Cn1ncc(Cl)c1C(=O)c1ccc(CN)cc1. The molecule has 0 saturated carbocycles. The van der Waals surface area contributed by atoms with E-state index in [0.717, 1.165) is 5.56 Å². The van der Waals surface area contributed by atoms with Crippen LogP contribution in [0.3, 0.4) is 0 Å². The third kappa shape index (κ3) is 2.23. The first-order chi connectivity index (χ1) is 8.13. The summed E-state index contributed by atoms with van der Waals surface area (Å²) in [5.41, 5.74) is 7.45. The fraction of sp³-hybridized carbons (Fsp3) is 0.167. The maximum absolute atomic E-state index is 12.2. The van der Waals surface area contributed by atoms with E-state index in [0.29, 0.717) is 22.8 Å². The van der Waals surface area contributed by atoms with Crippen molar-refractivity contribution in [1.29, 1.82) is 0 Å². The van der Waals surface area contributed by atoms with Crippen molar-refractivity contribution in [2.75, 3.05) is 0 Å². The van der Waals surface area contributed by atoms with E-state index < -0.39 is 0 Å². The van der Waals surface area contributed by atoms with Crippen LogP contribution >= 0.6 is 11.6 Å². The van der Waals surface area contributed by atoms with Crippen molar-refractivity contribution in [3.8, 4) is 0 Å². The van der Waals surface area contributed by atoms with Gasteiger partial charge in [0.1, 0.15) is 5.69 Å². The summed E-state index contributed by atoms with van der Waals surface area (Å²) in [6.45, 7) is 0.459. The van der Waals surface area contributed by atoms with Crippen LogP contribution in [0.2, 0.25) is 5.02 Å². The monoisotopic (exact) mass is 249 g/mol. The maximum Gasteiger partial charge on any atom is 0.212 e. The molecule has 0 spiro atoms. The molecule has 17 heavy (non-hydrogen) atoms. The first-order valence-corrected chi connectivity index (χ1v) is 5.52. The summed E-state index contributed by atoms with van der Waals surface area (Å²) in [6.07, 6.45) is 1.46. The molecule has 1 aromatic heterocycles. The molecule has 0 fully saturated rings. The summed E-state index contributed by atoms with van der Waals surface area (Å²) in [6, 6.07) is 7.15. The van der Waals surface area contributed by atoms with Crippen molar-refractivity contribution in [3.05, 3.63) is 52.3 Å². The van der Waals surface area contributed by atoms with Crippen LogP contribution in [0.5, 0.6) is 0 Å². The topological polar surface area (TPSA) is 60.9 Å². The minimum absolute atomic E-state index is 0.140.